The smallest absolute Gasteiger partial charge is 0.305 e. The van der Waals surface area contributed by atoms with Crippen molar-refractivity contribution in [2.45, 2.75) is 30.0 Å². The van der Waals surface area contributed by atoms with Gasteiger partial charge in [0.1, 0.15) is 12.4 Å². The molecule has 0 saturated carbocycles. The van der Waals surface area contributed by atoms with Crippen molar-refractivity contribution in [3.05, 3.63) is 41.5 Å². The molecule has 0 aliphatic carbocycles. The van der Waals surface area contributed by atoms with Crippen molar-refractivity contribution in [3.63, 3.8) is 0 Å². The van der Waals surface area contributed by atoms with Gasteiger partial charge in [0.25, 0.3) is 11.8 Å². The Balaban J connectivity index is 2.01. The molecular formula is C23H31N3O6S2. The van der Waals surface area contributed by atoms with Crippen LogP contribution in [-0.2, 0) is 25.6 Å². The highest BCUT2D eigenvalue weighted by Crippen LogP contribution is 2.39. The van der Waals surface area contributed by atoms with Crippen LogP contribution in [0.4, 0.5) is 0 Å². The molecule has 3 amide bonds. The van der Waals surface area contributed by atoms with Crippen LogP contribution >= 0.6 is 23.5 Å². The third-order valence-corrected chi connectivity index (χ3v) is 7.87. The Bertz CT molecular complexity index is 953. The number of amides is 3. The standard InChI is InChI=1S/C23H31N3O6S2/c1-15(19(29)24-12-10-18(27)28)11-13-32-17-8-6-16(7-9-17)14-23(34-5)22(31)25(2)21(33-4)20(30)26(23)3/h6-9,11,21H,10,12-14H2,1-5H3,(H,24,29)(H,27,28)/b15-11-/t21-,23-/m1/s1. The largest absolute Gasteiger partial charge is 0.490 e. The summed E-state index contributed by atoms with van der Waals surface area (Å²) in [5.74, 6) is -0.926. The van der Waals surface area contributed by atoms with Gasteiger partial charge in [-0.25, -0.2) is 0 Å². The van der Waals surface area contributed by atoms with Crippen molar-refractivity contribution in [1.82, 2.24) is 15.1 Å². The number of thioether (sulfide) groups is 2. The fraction of sp³-hybridized carbons (Fsp3) is 0.478. The second-order valence-electron chi connectivity index (χ2n) is 7.81. The molecule has 9 nitrogen and oxygen atoms in total. The molecule has 0 aromatic heterocycles. The van der Waals surface area contributed by atoms with Gasteiger partial charge in [-0.1, -0.05) is 12.1 Å². The first kappa shape index (κ1) is 27.6. The summed E-state index contributed by atoms with van der Waals surface area (Å²) in [7, 11) is 3.34. The van der Waals surface area contributed by atoms with E-state index in [1.165, 1.54) is 28.4 Å². The van der Waals surface area contributed by atoms with Gasteiger partial charge in [-0.15, -0.1) is 23.5 Å². The van der Waals surface area contributed by atoms with E-state index in [1.54, 1.807) is 44.1 Å². The van der Waals surface area contributed by atoms with Gasteiger partial charge in [0.2, 0.25) is 5.91 Å². The molecule has 1 aromatic carbocycles. The van der Waals surface area contributed by atoms with E-state index < -0.39 is 16.2 Å². The minimum absolute atomic E-state index is 0.0657. The highest BCUT2D eigenvalue weighted by molar-refractivity contribution is 8.01. The van der Waals surface area contributed by atoms with E-state index in [0.29, 0.717) is 17.7 Å². The van der Waals surface area contributed by atoms with Gasteiger partial charge >= 0.3 is 5.97 Å². The number of piperazine rings is 1. The molecule has 1 fully saturated rings. The van der Waals surface area contributed by atoms with Crippen LogP contribution in [0.2, 0.25) is 0 Å². The predicted octanol–water partition coefficient (Wildman–Crippen LogP) is 1.82. The Labute approximate surface area is 208 Å². The first-order valence-corrected chi connectivity index (χ1v) is 13.1. The Morgan fingerprint density at radius 2 is 1.85 bits per heavy atom. The maximum absolute atomic E-state index is 13.2. The van der Waals surface area contributed by atoms with E-state index in [4.69, 9.17) is 9.84 Å². The van der Waals surface area contributed by atoms with Crippen LogP contribution in [0.3, 0.4) is 0 Å². The monoisotopic (exact) mass is 509 g/mol. The number of ether oxygens (including phenoxy) is 1. The molecule has 0 unspecified atom stereocenters. The van der Waals surface area contributed by atoms with E-state index >= 15 is 0 Å². The molecule has 34 heavy (non-hydrogen) atoms. The number of likely N-dealkylation sites (N-methyl/N-ethyl adjacent to an activating group) is 2. The maximum atomic E-state index is 13.2. The lowest BCUT2D eigenvalue weighted by Crippen LogP contribution is -2.68. The molecule has 2 atom stereocenters. The molecule has 1 saturated heterocycles. The van der Waals surface area contributed by atoms with Crippen LogP contribution in [0.25, 0.3) is 0 Å². The zero-order chi connectivity index (χ0) is 25.5. The van der Waals surface area contributed by atoms with Crippen molar-refractivity contribution in [2.75, 3.05) is 39.8 Å². The summed E-state index contributed by atoms with van der Waals surface area (Å²) >= 11 is 2.69. The number of aliphatic carboxylic acids is 1. The Morgan fingerprint density at radius 3 is 2.41 bits per heavy atom. The van der Waals surface area contributed by atoms with Crippen LogP contribution in [-0.4, -0.2) is 88.6 Å². The molecule has 1 heterocycles. The molecule has 2 N–H and O–H groups in total. The number of carbonyl (C=O) groups excluding carboxylic acids is 3. The maximum Gasteiger partial charge on any atom is 0.305 e. The Hall–Kier alpha value is -2.66. The number of nitrogens with one attached hydrogen (secondary N) is 1. The number of carboxylic acid groups (broad SMARTS) is 1. The zero-order valence-electron chi connectivity index (χ0n) is 20.0. The average Bonchev–Trinajstić information content (AvgIpc) is 2.81. The topological polar surface area (TPSA) is 116 Å². The summed E-state index contributed by atoms with van der Waals surface area (Å²) in [6.07, 6.45) is 5.48. The van der Waals surface area contributed by atoms with Gasteiger partial charge in [-0.2, -0.15) is 0 Å². The third kappa shape index (κ3) is 6.26. The van der Waals surface area contributed by atoms with Crippen LogP contribution < -0.4 is 10.1 Å². The lowest BCUT2D eigenvalue weighted by Gasteiger charge is -2.48. The number of nitrogens with zero attached hydrogens (tertiary/aromatic N) is 2. The molecular weight excluding hydrogens is 478 g/mol. The van der Waals surface area contributed by atoms with Gasteiger partial charge in [-0.3, -0.25) is 19.2 Å². The van der Waals surface area contributed by atoms with Crippen LogP contribution in [0.5, 0.6) is 5.75 Å². The number of carboxylic acids is 1. The lowest BCUT2D eigenvalue weighted by atomic mass is 10.0. The first-order valence-electron chi connectivity index (χ1n) is 10.6. The van der Waals surface area contributed by atoms with Crippen molar-refractivity contribution >= 4 is 47.2 Å². The SMILES string of the molecule is CS[C@@H]1C(=O)N(C)[C@](Cc2ccc(OC/C=C(/C)C(=O)NCCC(=O)O)cc2)(SC)C(=O)N1C. The average molecular weight is 510 g/mol. The van der Waals surface area contributed by atoms with Crippen LogP contribution in [0.1, 0.15) is 18.9 Å². The first-order chi connectivity index (χ1) is 16.1. The zero-order valence-corrected chi connectivity index (χ0v) is 21.6. The number of benzene rings is 1. The van der Waals surface area contributed by atoms with Gasteiger partial charge < -0.3 is 25.0 Å². The summed E-state index contributed by atoms with van der Waals surface area (Å²) in [6, 6.07) is 7.27. The van der Waals surface area contributed by atoms with Crippen molar-refractivity contribution < 1.29 is 29.0 Å². The molecule has 1 aliphatic heterocycles. The summed E-state index contributed by atoms with van der Waals surface area (Å²) in [4.78, 5) is 50.6. The molecule has 0 radical (unpaired) electrons. The van der Waals surface area contributed by atoms with Crippen molar-refractivity contribution in [2.24, 2.45) is 0 Å². The second-order valence-corrected chi connectivity index (χ2v) is 9.81. The molecule has 1 aromatic rings. The molecule has 2 rings (SSSR count). The molecule has 11 heteroatoms. The molecule has 0 bridgehead atoms. The number of hydrogen-bond acceptors (Lipinski definition) is 7. The van der Waals surface area contributed by atoms with Crippen LogP contribution in [0, 0.1) is 0 Å². The van der Waals surface area contributed by atoms with E-state index in [-0.39, 0.29) is 37.3 Å². The van der Waals surface area contributed by atoms with E-state index in [9.17, 15) is 19.2 Å². The van der Waals surface area contributed by atoms with Gasteiger partial charge in [0.15, 0.2) is 10.2 Å². The van der Waals surface area contributed by atoms with Gasteiger partial charge in [0, 0.05) is 32.6 Å². The molecule has 0 spiro atoms. The van der Waals surface area contributed by atoms with Crippen molar-refractivity contribution in [3.8, 4) is 5.75 Å². The Kier molecular flexibility index (Phi) is 9.87. The highest BCUT2D eigenvalue weighted by atomic mass is 32.2. The molecule has 186 valence electrons. The lowest BCUT2D eigenvalue weighted by molar-refractivity contribution is -0.156. The second kappa shape index (κ2) is 12.2. The minimum Gasteiger partial charge on any atom is -0.490 e. The number of carbonyl (C=O) groups is 4. The summed E-state index contributed by atoms with van der Waals surface area (Å²) in [5, 5.41) is 10.6. The van der Waals surface area contributed by atoms with E-state index in [2.05, 4.69) is 5.32 Å². The molecule has 1 aliphatic rings. The number of hydrogen-bond donors (Lipinski definition) is 2. The van der Waals surface area contributed by atoms with Crippen LogP contribution in [0.15, 0.2) is 35.9 Å². The van der Waals surface area contributed by atoms with Gasteiger partial charge in [-0.05, 0) is 43.2 Å². The third-order valence-electron chi connectivity index (χ3n) is 5.64. The Morgan fingerprint density at radius 1 is 1.21 bits per heavy atom. The minimum atomic E-state index is -1.02. The fourth-order valence-electron chi connectivity index (χ4n) is 3.54. The highest BCUT2D eigenvalue weighted by Gasteiger charge is 2.53. The van der Waals surface area contributed by atoms with E-state index in [0.717, 1.165) is 5.56 Å². The number of rotatable bonds is 11. The predicted molar refractivity (Wildman–Crippen MR) is 134 cm³/mol. The van der Waals surface area contributed by atoms with Crippen molar-refractivity contribution in [1.29, 1.82) is 0 Å². The normalized spacial score (nSPS) is 21.0. The van der Waals surface area contributed by atoms with Gasteiger partial charge in [0.05, 0.1) is 6.42 Å². The summed E-state index contributed by atoms with van der Waals surface area (Å²) in [6.45, 7) is 1.86. The summed E-state index contributed by atoms with van der Waals surface area (Å²) < 4.78 is 5.67. The quantitative estimate of drug-likeness (QED) is 0.434. The fourth-order valence-corrected chi connectivity index (χ4v) is 5.31. The summed E-state index contributed by atoms with van der Waals surface area (Å²) in [5.41, 5.74) is 1.32. The van der Waals surface area contributed by atoms with E-state index in [1.807, 2.05) is 24.6 Å².